The predicted octanol–water partition coefficient (Wildman–Crippen LogP) is 3.48. The van der Waals surface area contributed by atoms with Gasteiger partial charge in [0.15, 0.2) is 0 Å². The second-order valence-electron chi connectivity index (χ2n) is 4.24. The van der Waals surface area contributed by atoms with Crippen LogP contribution >= 0.6 is 11.6 Å². The van der Waals surface area contributed by atoms with Crippen molar-refractivity contribution in [3.05, 3.63) is 47.6 Å². The zero-order valence-electron chi connectivity index (χ0n) is 9.89. The van der Waals surface area contributed by atoms with Crippen LogP contribution in [-0.4, -0.2) is 9.55 Å². The maximum Gasteiger partial charge on any atom is 0.0868 e. The van der Waals surface area contributed by atoms with Crippen molar-refractivity contribution in [3.63, 3.8) is 0 Å². The van der Waals surface area contributed by atoms with E-state index in [0.29, 0.717) is 5.69 Å². The largest absolute Gasteiger partial charge is 0.397 e. The van der Waals surface area contributed by atoms with E-state index in [1.54, 1.807) is 6.20 Å². The highest BCUT2D eigenvalue weighted by atomic mass is 35.5. The molecule has 0 spiro atoms. The van der Waals surface area contributed by atoms with Crippen LogP contribution in [0.1, 0.15) is 0 Å². The van der Waals surface area contributed by atoms with Crippen molar-refractivity contribution >= 4 is 28.2 Å². The molecule has 2 N–H and O–H groups in total. The van der Waals surface area contributed by atoms with Crippen LogP contribution in [0.2, 0.25) is 5.02 Å². The van der Waals surface area contributed by atoms with E-state index in [4.69, 9.17) is 17.3 Å². The molecule has 0 aliphatic heterocycles. The Morgan fingerprint density at radius 3 is 2.72 bits per heavy atom. The SMILES string of the molecule is Cn1c(-c2ccc(N)cn2)cc2cccc(Cl)c21. The highest BCUT2D eigenvalue weighted by Crippen LogP contribution is 2.30. The van der Waals surface area contributed by atoms with Gasteiger partial charge in [-0.15, -0.1) is 0 Å². The third-order valence-electron chi connectivity index (χ3n) is 3.06. The van der Waals surface area contributed by atoms with Crippen molar-refractivity contribution in [2.75, 3.05) is 5.73 Å². The molecule has 1 aromatic carbocycles. The normalized spacial score (nSPS) is 11.0. The van der Waals surface area contributed by atoms with Crippen molar-refractivity contribution < 1.29 is 0 Å². The lowest BCUT2D eigenvalue weighted by molar-refractivity contribution is 0.971. The number of rotatable bonds is 1. The Bertz CT molecular complexity index is 714. The summed E-state index contributed by atoms with van der Waals surface area (Å²) in [5.41, 5.74) is 9.25. The van der Waals surface area contributed by atoms with Crippen LogP contribution in [-0.2, 0) is 7.05 Å². The van der Waals surface area contributed by atoms with Gasteiger partial charge >= 0.3 is 0 Å². The Hall–Kier alpha value is -2.00. The molecule has 0 aliphatic rings. The second-order valence-corrected chi connectivity index (χ2v) is 4.65. The summed E-state index contributed by atoms with van der Waals surface area (Å²) < 4.78 is 2.05. The number of nitrogens with zero attached hydrogens (tertiary/aromatic N) is 2. The monoisotopic (exact) mass is 257 g/mol. The number of nitrogen functional groups attached to an aromatic ring is 1. The van der Waals surface area contributed by atoms with E-state index in [9.17, 15) is 0 Å². The van der Waals surface area contributed by atoms with Crippen molar-refractivity contribution in [2.24, 2.45) is 7.05 Å². The molecule has 18 heavy (non-hydrogen) atoms. The summed E-state index contributed by atoms with van der Waals surface area (Å²) in [6, 6.07) is 11.7. The van der Waals surface area contributed by atoms with Crippen LogP contribution < -0.4 is 5.73 Å². The number of para-hydroxylation sites is 1. The number of nitrogens with two attached hydrogens (primary N) is 1. The van der Waals surface area contributed by atoms with Gasteiger partial charge in [-0.05, 0) is 24.3 Å². The molecule has 0 atom stereocenters. The fourth-order valence-corrected chi connectivity index (χ4v) is 2.48. The van der Waals surface area contributed by atoms with E-state index in [-0.39, 0.29) is 0 Å². The third kappa shape index (κ3) is 1.64. The summed E-state index contributed by atoms with van der Waals surface area (Å²) in [7, 11) is 1.99. The van der Waals surface area contributed by atoms with E-state index < -0.39 is 0 Å². The van der Waals surface area contributed by atoms with Crippen molar-refractivity contribution in [3.8, 4) is 11.4 Å². The molecule has 90 valence electrons. The summed E-state index contributed by atoms with van der Waals surface area (Å²) in [4.78, 5) is 4.35. The third-order valence-corrected chi connectivity index (χ3v) is 3.36. The van der Waals surface area contributed by atoms with Crippen molar-refractivity contribution in [1.29, 1.82) is 0 Å². The molecule has 3 nitrogen and oxygen atoms in total. The number of anilines is 1. The number of aromatic nitrogens is 2. The minimum atomic E-state index is 0.663. The minimum absolute atomic E-state index is 0.663. The summed E-state index contributed by atoms with van der Waals surface area (Å²) in [5, 5.41) is 1.86. The molecular weight excluding hydrogens is 246 g/mol. The number of fused-ring (bicyclic) bond motifs is 1. The van der Waals surface area contributed by atoms with E-state index >= 15 is 0 Å². The molecule has 4 heteroatoms. The van der Waals surface area contributed by atoms with Gasteiger partial charge in [-0.1, -0.05) is 23.7 Å². The van der Waals surface area contributed by atoms with Gasteiger partial charge in [-0.25, -0.2) is 0 Å². The number of hydrogen-bond acceptors (Lipinski definition) is 2. The van der Waals surface area contributed by atoms with Gasteiger partial charge in [0.25, 0.3) is 0 Å². The molecule has 0 saturated carbocycles. The Morgan fingerprint density at radius 2 is 2.06 bits per heavy atom. The average Bonchev–Trinajstić information content (AvgIpc) is 2.69. The number of hydrogen-bond donors (Lipinski definition) is 1. The molecule has 3 rings (SSSR count). The summed E-state index contributed by atoms with van der Waals surface area (Å²) >= 11 is 6.23. The fraction of sp³-hybridized carbons (Fsp3) is 0.0714. The first-order valence-corrected chi connectivity index (χ1v) is 6.00. The molecule has 2 aromatic heterocycles. The maximum atomic E-state index is 6.23. The maximum absolute atomic E-state index is 6.23. The minimum Gasteiger partial charge on any atom is -0.397 e. The van der Waals surface area contributed by atoms with Gasteiger partial charge < -0.3 is 10.3 Å². The van der Waals surface area contributed by atoms with Gasteiger partial charge in [0.2, 0.25) is 0 Å². The second kappa shape index (κ2) is 4.03. The molecule has 0 fully saturated rings. The van der Waals surface area contributed by atoms with Crippen LogP contribution in [0.3, 0.4) is 0 Å². The van der Waals surface area contributed by atoms with Crippen molar-refractivity contribution in [1.82, 2.24) is 9.55 Å². The smallest absolute Gasteiger partial charge is 0.0868 e. The number of benzene rings is 1. The average molecular weight is 258 g/mol. The van der Waals surface area contributed by atoms with Gasteiger partial charge in [-0.2, -0.15) is 0 Å². The van der Waals surface area contributed by atoms with E-state index in [2.05, 4.69) is 15.6 Å². The van der Waals surface area contributed by atoms with Crippen LogP contribution in [0.5, 0.6) is 0 Å². The first-order valence-electron chi connectivity index (χ1n) is 5.62. The topological polar surface area (TPSA) is 43.8 Å². The Balaban J connectivity index is 2.27. The lowest BCUT2D eigenvalue weighted by Crippen LogP contribution is -1.94. The predicted molar refractivity (Wildman–Crippen MR) is 75.6 cm³/mol. The molecule has 3 aromatic rings. The molecule has 0 unspecified atom stereocenters. The highest BCUT2D eigenvalue weighted by Gasteiger charge is 2.10. The molecule has 0 aliphatic carbocycles. The molecule has 0 amide bonds. The number of pyridine rings is 1. The first-order chi connectivity index (χ1) is 8.66. The zero-order valence-corrected chi connectivity index (χ0v) is 10.6. The molecule has 0 radical (unpaired) electrons. The summed E-state index contributed by atoms with van der Waals surface area (Å²) in [6.07, 6.45) is 1.66. The lowest BCUT2D eigenvalue weighted by Gasteiger charge is -2.04. The zero-order chi connectivity index (χ0) is 12.7. The van der Waals surface area contributed by atoms with Gasteiger partial charge in [-0.3, -0.25) is 4.98 Å². The van der Waals surface area contributed by atoms with Gasteiger partial charge in [0.05, 0.1) is 33.8 Å². The van der Waals surface area contributed by atoms with E-state index in [0.717, 1.165) is 27.3 Å². The van der Waals surface area contributed by atoms with Crippen LogP contribution in [0, 0.1) is 0 Å². The Labute approximate surface area is 110 Å². The molecule has 0 saturated heterocycles. The fourth-order valence-electron chi connectivity index (χ4n) is 2.17. The van der Waals surface area contributed by atoms with E-state index in [1.807, 2.05) is 37.4 Å². The van der Waals surface area contributed by atoms with Gasteiger partial charge in [0.1, 0.15) is 0 Å². The lowest BCUT2D eigenvalue weighted by atomic mass is 10.2. The Morgan fingerprint density at radius 1 is 1.22 bits per heavy atom. The van der Waals surface area contributed by atoms with Gasteiger partial charge in [0, 0.05) is 12.4 Å². The molecule has 0 bridgehead atoms. The molecule has 2 heterocycles. The first kappa shape index (κ1) is 11.1. The summed E-state index contributed by atoms with van der Waals surface area (Å²) in [5.74, 6) is 0. The highest BCUT2D eigenvalue weighted by molar-refractivity contribution is 6.35. The van der Waals surface area contributed by atoms with Crippen LogP contribution in [0.4, 0.5) is 5.69 Å². The van der Waals surface area contributed by atoms with Crippen LogP contribution in [0.25, 0.3) is 22.3 Å². The molecular formula is C14H12ClN3. The van der Waals surface area contributed by atoms with E-state index in [1.165, 1.54) is 0 Å². The number of aryl methyl sites for hydroxylation is 1. The summed E-state index contributed by atoms with van der Waals surface area (Å²) in [6.45, 7) is 0. The Kier molecular flexibility index (Phi) is 2.49. The van der Waals surface area contributed by atoms with Crippen LogP contribution in [0.15, 0.2) is 42.6 Å². The standard InChI is InChI=1S/C14H12ClN3/c1-18-13(12-6-5-10(16)8-17-12)7-9-3-2-4-11(15)14(9)18/h2-8H,16H2,1H3. The number of halogens is 1. The van der Waals surface area contributed by atoms with Crippen molar-refractivity contribution in [2.45, 2.75) is 0 Å². The quantitative estimate of drug-likeness (QED) is 0.725.